The Bertz CT molecular complexity index is 821. The van der Waals surface area contributed by atoms with Gasteiger partial charge in [0.25, 0.3) is 0 Å². The predicted octanol–water partition coefficient (Wildman–Crippen LogP) is 1.93. The van der Waals surface area contributed by atoms with E-state index in [9.17, 15) is 4.79 Å². The molecule has 2 aromatic rings. The largest absolute Gasteiger partial charge is 0.339 e. The van der Waals surface area contributed by atoms with E-state index in [0.717, 1.165) is 57.5 Å². The van der Waals surface area contributed by atoms with Crippen LogP contribution in [-0.4, -0.2) is 75.5 Å². The molecule has 3 aliphatic rings. The second-order valence-corrected chi connectivity index (χ2v) is 8.33. The van der Waals surface area contributed by atoms with Gasteiger partial charge < -0.3 is 9.47 Å². The summed E-state index contributed by atoms with van der Waals surface area (Å²) in [6.07, 6.45) is 9.03. The third-order valence-electron chi connectivity index (χ3n) is 6.60. The standard InChI is InChI=1S/C22H29N5O/c28-22(27-14-12-25(13-15-27)19-4-3-5-19)17-24-11-8-20-18(16-24)6-7-21(23-20)26-9-1-2-10-26/h1-2,6-7,9-10,19H,3-5,8,11-17H2. The molecule has 2 fully saturated rings. The first kappa shape index (κ1) is 17.9. The van der Waals surface area contributed by atoms with E-state index >= 15 is 0 Å². The quantitative estimate of drug-likeness (QED) is 0.814. The molecule has 6 heteroatoms. The van der Waals surface area contributed by atoms with Gasteiger partial charge in [-0.25, -0.2) is 4.98 Å². The van der Waals surface area contributed by atoms with Crippen LogP contribution in [0.5, 0.6) is 0 Å². The first-order valence-electron chi connectivity index (χ1n) is 10.6. The van der Waals surface area contributed by atoms with Gasteiger partial charge in [0.05, 0.1) is 6.54 Å². The first-order chi connectivity index (χ1) is 13.8. The second-order valence-electron chi connectivity index (χ2n) is 8.33. The summed E-state index contributed by atoms with van der Waals surface area (Å²) in [7, 11) is 0. The number of fused-ring (bicyclic) bond motifs is 1. The zero-order chi connectivity index (χ0) is 18.9. The van der Waals surface area contributed by atoms with Crippen molar-refractivity contribution in [2.75, 3.05) is 39.3 Å². The number of pyridine rings is 1. The van der Waals surface area contributed by atoms with Crippen LogP contribution in [0.3, 0.4) is 0 Å². The van der Waals surface area contributed by atoms with Crippen molar-refractivity contribution < 1.29 is 4.79 Å². The molecule has 1 saturated carbocycles. The smallest absolute Gasteiger partial charge is 0.236 e. The molecule has 2 aliphatic heterocycles. The van der Waals surface area contributed by atoms with Gasteiger partial charge in [-0.3, -0.25) is 14.6 Å². The molecule has 148 valence electrons. The number of aromatic nitrogens is 2. The van der Waals surface area contributed by atoms with Gasteiger partial charge in [0.1, 0.15) is 5.82 Å². The summed E-state index contributed by atoms with van der Waals surface area (Å²) in [4.78, 5) is 24.6. The molecule has 6 nitrogen and oxygen atoms in total. The third-order valence-corrected chi connectivity index (χ3v) is 6.60. The van der Waals surface area contributed by atoms with Gasteiger partial charge in [-0.1, -0.05) is 12.5 Å². The molecule has 0 aromatic carbocycles. The van der Waals surface area contributed by atoms with E-state index in [2.05, 4.69) is 26.8 Å². The van der Waals surface area contributed by atoms with Crippen LogP contribution in [-0.2, 0) is 17.8 Å². The molecule has 28 heavy (non-hydrogen) atoms. The number of nitrogens with zero attached hydrogens (tertiary/aromatic N) is 5. The topological polar surface area (TPSA) is 44.6 Å². The Morgan fingerprint density at radius 1 is 1.04 bits per heavy atom. The second kappa shape index (κ2) is 7.68. The Labute approximate surface area is 166 Å². The highest BCUT2D eigenvalue weighted by atomic mass is 16.2. The first-order valence-corrected chi connectivity index (χ1v) is 10.6. The lowest BCUT2D eigenvalue weighted by molar-refractivity contribution is -0.135. The SMILES string of the molecule is O=C(CN1CCc2nc(-n3cccc3)ccc2C1)N1CCN(C2CCC2)CC1. The van der Waals surface area contributed by atoms with E-state index in [0.29, 0.717) is 6.54 Å². The highest BCUT2D eigenvalue weighted by Crippen LogP contribution is 2.25. The molecule has 2 aromatic heterocycles. The van der Waals surface area contributed by atoms with Crippen molar-refractivity contribution in [2.45, 2.75) is 38.3 Å². The number of rotatable bonds is 4. The Morgan fingerprint density at radius 2 is 1.82 bits per heavy atom. The Kier molecular flexibility index (Phi) is 4.91. The van der Waals surface area contributed by atoms with E-state index < -0.39 is 0 Å². The van der Waals surface area contributed by atoms with Crippen molar-refractivity contribution in [1.82, 2.24) is 24.3 Å². The number of amides is 1. The van der Waals surface area contributed by atoms with Crippen molar-refractivity contribution >= 4 is 5.91 Å². The summed E-state index contributed by atoms with van der Waals surface area (Å²) >= 11 is 0. The van der Waals surface area contributed by atoms with Gasteiger partial charge in [0.15, 0.2) is 0 Å². The molecule has 4 heterocycles. The van der Waals surface area contributed by atoms with Crippen molar-refractivity contribution in [3.05, 3.63) is 47.9 Å². The van der Waals surface area contributed by atoms with E-state index in [1.165, 1.54) is 30.5 Å². The summed E-state index contributed by atoms with van der Waals surface area (Å²) in [5.74, 6) is 1.26. The van der Waals surface area contributed by atoms with Crippen molar-refractivity contribution in [2.24, 2.45) is 0 Å². The van der Waals surface area contributed by atoms with Gasteiger partial charge in [-0.05, 0) is 36.6 Å². The van der Waals surface area contributed by atoms with Gasteiger partial charge in [-0.15, -0.1) is 0 Å². The third kappa shape index (κ3) is 3.59. The fraction of sp³-hybridized carbons (Fsp3) is 0.545. The predicted molar refractivity (Wildman–Crippen MR) is 108 cm³/mol. The molecule has 0 unspecified atom stereocenters. The molecule has 0 radical (unpaired) electrons. The van der Waals surface area contributed by atoms with E-state index in [4.69, 9.17) is 4.98 Å². The van der Waals surface area contributed by atoms with Crippen LogP contribution in [0.4, 0.5) is 0 Å². The lowest BCUT2D eigenvalue weighted by Crippen LogP contribution is -2.55. The summed E-state index contributed by atoms with van der Waals surface area (Å²) in [6, 6.07) is 9.07. The average Bonchev–Trinajstić information content (AvgIpc) is 3.21. The maximum absolute atomic E-state index is 12.8. The maximum atomic E-state index is 12.8. The molecular weight excluding hydrogens is 350 g/mol. The highest BCUT2D eigenvalue weighted by molar-refractivity contribution is 5.78. The maximum Gasteiger partial charge on any atom is 0.236 e. The summed E-state index contributed by atoms with van der Waals surface area (Å²) in [6.45, 7) is 6.13. The van der Waals surface area contributed by atoms with Crippen LogP contribution in [0.1, 0.15) is 30.5 Å². The normalized spacial score (nSPS) is 21.4. The molecular formula is C22H29N5O. The molecule has 0 atom stereocenters. The molecule has 1 aliphatic carbocycles. The number of piperazine rings is 1. The minimum Gasteiger partial charge on any atom is -0.339 e. The van der Waals surface area contributed by atoms with Crippen molar-refractivity contribution in [3.8, 4) is 5.82 Å². The van der Waals surface area contributed by atoms with E-state index in [1.54, 1.807) is 0 Å². The molecule has 0 bridgehead atoms. The van der Waals surface area contributed by atoms with Crippen LogP contribution in [0, 0.1) is 0 Å². The van der Waals surface area contributed by atoms with Gasteiger partial charge in [-0.2, -0.15) is 0 Å². The average molecular weight is 380 g/mol. The molecule has 0 N–H and O–H groups in total. The highest BCUT2D eigenvalue weighted by Gasteiger charge is 2.30. The van der Waals surface area contributed by atoms with Gasteiger partial charge in [0.2, 0.25) is 5.91 Å². The monoisotopic (exact) mass is 379 g/mol. The van der Waals surface area contributed by atoms with Crippen molar-refractivity contribution in [3.63, 3.8) is 0 Å². The number of carbonyl (C=O) groups is 1. The van der Waals surface area contributed by atoms with Crippen LogP contribution < -0.4 is 0 Å². The van der Waals surface area contributed by atoms with Crippen LogP contribution in [0.25, 0.3) is 5.82 Å². The fourth-order valence-corrected chi connectivity index (χ4v) is 4.61. The van der Waals surface area contributed by atoms with Crippen molar-refractivity contribution in [1.29, 1.82) is 0 Å². The molecule has 1 amide bonds. The Hall–Kier alpha value is -2.18. The van der Waals surface area contributed by atoms with Crippen LogP contribution in [0.15, 0.2) is 36.7 Å². The number of carbonyl (C=O) groups excluding carboxylic acids is 1. The fourth-order valence-electron chi connectivity index (χ4n) is 4.61. The minimum absolute atomic E-state index is 0.286. The summed E-state index contributed by atoms with van der Waals surface area (Å²) < 4.78 is 2.04. The number of hydrogen-bond acceptors (Lipinski definition) is 4. The Balaban J connectivity index is 1.16. The van der Waals surface area contributed by atoms with E-state index in [1.807, 2.05) is 29.1 Å². The summed E-state index contributed by atoms with van der Waals surface area (Å²) in [5, 5.41) is 0. The lowest BCUT2D eigenvalue weighted by Gasteiger charge is -2.43. The molecule has 0 spiro atoms. The van der Waals surface area contributed by atoms with E-state index in [-0.39, 0.29) is 5.91 Å². The Morgan fingerprint density at radius 3 is 2.54 bits per heavy atom. The number of hydrogen-bond donors (Lipinski definition) is 0. The molecule has 5 rings (SSSR count). The molecule has 1 saturated heterocycles. The van der Waals surface area contributed by atoms with Gasteiger partial charge >= 0.3 is 0 Å². The van der Waals surface area contributed by atoms with Crippen LogP contribution >= 0.6 is 0 Å². The zero-order valence-electron chi connectivity index (χ0n) is 16.5. The lowest BCUT2D eigenvalue weighted by atomic mass is 9.91. The minimum atomic E-state index is 0.286. The van der Waals surface area contributed by atoms with Crippen LogP contribution in [0.2, 0.25) is 0 Å². The van der Waals surface area contributed by atoms with Gasteiger partial charge in [0, 0.05) is 69.8 Å². The summed E-state index contributed by atoms with van der Waals surface area (Å²) in [5.41, 5.74) is 2.42. The zero-order valence-corrected chi connectivity index (χ0v) is 16.5.